The molecule has 1 aliphatic heterocycles. The highest BCUT2D eigenvalue weighted by molar-refractivity contribution is 5.78. The minimum Gasteiger partial charge on any atom is -0.493 e. The molecule has 0 N–H and O–H groups in total. The Hall–Kier alpha value is -2.95. The fourth-order valence-electron chi connectivity index (χ4n) is 2.44. The highest BCUT2D eigenvalue weighted by Crippen LogP contribution is 2.27. The Morgan fingerprint density at radius 1 is 1.16 bits per heavy atom. The maximum Gasteiger partial charge on any atom is 0.409 e. The van der Waals surface area contributed by atoms with Crippen LogP contribution in [0.25, 0.3) is 0 Å². The Bertz CT molecular complexity index is 663. The number of amides is 2. The maximum atomic E-state index is 12.3. The topological polar surface area (TPSA) is 92.1 Å². The van der Waals surface area contributed by atoms with E-state index in [2.05, 4.69) is 0 Å². The highest BCUT2D eigenvalue weighted by atomic mass is 16.6. The maximum absolute atomic E-state index is 12.3. The number of methoxy groups -OCH3 is 1. The molecule has 1 aromatic rings. The number of benzene rings is 1. The zero-order valence-corrected chi connectivity index (χ0v) is 14.4. The van der Waals surface area contributed by atoms with Crippen LogP contribution in [-0.4, -0.2) is 68.3 Å². The fourth-order valence-corrected chi connectivity index (χ4v) is 2.44. The number of carbonyl (C=O) groups is 2. The van der Waals surface area contributed by atoms with Crippen molar-refractivity contribution in [3.05, 3.63) is 23.8 Å². The molecule has 0 aromatic heterocycles. The zero-order valence-electron chi connectivity index (χ0n) is 14.4. The van der Waals surface area contributed by atoms with Gasteiger partial charge in [-0.2, -0.15) is 5.26 Å². The summed E-state index contributed by atoms with van der Waals surface area (Å²) in [5.41, 5.74) is 0.450. The molecule has 0 unspecified atom stereocenters. The van der Waals surface area contributed by atoms with E-state index in [1.54, 1.807) is 34.9 Å². The lowest BCUT2D eigenvalue weighted by atomic mass is 10.2. The minimum absolute atomic E-state index is 0.137. The Balaban J connectivity index is 1.86. The summed E-state index contributed by atoms with van der Waals surface area (Å²) >= 11 is 0. The predicted molar refractivity (Wildman–Crippen MR) is 88.4 cm³/mol. The van der Waals surface area contributed by atoms with E-state index in [1.165, 1.54) is 7.11 Å². The molecule has 0 aliphatic carbocycles. The summed E-state index contributed by atoms with van der Waals surface area (Å²) in [6, 6.07) is 6.77. The number of hydrogen-bond donors (Lipinski definition) is 0. The first-order chi connectivity index (χ1) is 12.1. The van der Waals surface area contributed by atoms with Crippen molar-refractivity contribution in [1.29, 1.82) is 5.26 Å². The third kappa shape index (κ3) is 4.76. The predicted octanol–water partition coefficient (Wildman–Crippen LogP) is 1.25. The van der Waals surface area contributed by atoms with E-state index in [0.29, 0.717) is 49.8 Å². The number of nitriles is 1. The van der Waals surface area contributed by atoms with Gasteiger partial charge in [-0.05, 0) is 19.1 Å². The normalized spacial score (nSPS) is 13.8. The van der Waals surface area contributed by atoms with Crippen molar-refractivity contribution in [3.63, 3.8) is 0 Å². The van der Waals surface area contributed by atoms with Gasteiger partial charge in [0.1, 0.15) is 0 Å². The van der Waals surface area contributed by atoms with Gasteiger partial charge in [0.25, 0.3) is 5.91 Å². The van der Waals surface area contributed by atoms with Crippen LogP contribution in [-0.2, 0) is 9.53 Å². The Labute approximate surface area is 146 Å². The summed E-state index contributed by atoms with van der Waals surface area (Å²) < 4.78 is 15.6. The van der Waals surface area contributed by atoms with Crippen LogP contribution < -0.4 is 9.47 Å². The van der Waals surface area contributed by atoms with Gasteiger partial charge >= 0.3 is 6.09 Å². The number of carbonyl (C=O) groups excluding carboxylic acids is 2. The van der Waals surface area contributed by atoms with Crippen molar-refractivity contribution in [2.24, 2.45) is 0 Å². The number of ether oxygens (including phenoxy) is 3. The Morgan fingerprint density at radius 2 is 1.84 bits per heavy atom. The summed E-state index contributed by atoms with van der Waals surface area (Å²) in [6.45, 7) is 3.69. The summed E-state index contributed by atoms with van der Waals surface area (Å²) in [7, 11) is 1.47. The number of nitrogens with zero attached hydrogens (tertiary/aromatic N) is 3. The monoisotopic (exact) mass is 347 g/mol. The van der Waals surface area contributed by atoms with Gasteiger partial charge in [0, 0.05) is 32.2 Å². The molecule has 0 spiro atoms. The molecule has 8 heteroatoms. The molecule has 2 rings (SSSR count). The van der Waals surface area contributed by atoms with Crippen LogP contribution in [0.1, 0.15) is 12.5 Å². The number of rotatable bonds is 5. The molecular formula is C17H21N3O5. The third-order valence-electron chi connectivity index (χ3n) is 3.80. The van der Waals surface area contributed by atoms with E-state index in [1.807, 2.05) is 6.07 Å². The summed E-state index contributed by atoms with van der Waals surface area (Å²) in [4.78, 5) is 27.1. The Morgan fingerprint density at radius 3 is 2.44 bits per heavy atom. The van der Waals surface area contributed by atoms with E-state index >= 15 is 0 Å². The SMILES string of the molecule is CCOC(=O)N1CCN(C(=O)COc2ccc(C#N)cc2OC)CC1. The number of hydrogen-bond acceptors (Lipinski definition) is 6. The van der Waals surface area contributed by atoms with E-state index in [-0.39, 0.29) is 18.6 Å². The van der Waals surface area contributed by atoms with Crippen molar-refractivity contribution in [2.45, 2.75) is 6.92 Å². The van der Waals surface area contributed by atoms with Crippen LogP contribution in [0.15, 0.2) is 18.2 Å². The van der Waals surface area contributed by atoms with Crippen molar-refractivity contribution in [3.8, 4) is 17.6 Å². The van der Waals surface area contributed by atoms with Crippen molar-refractivity contribution < 1.29 is 23.8 Å². The molecule has 0 bridgehead atoms. The van der Waals surface area contributed by atoms with E-state index in [9.17, 15) is 9.59 Å². The fraction of sp³-hybridized carbons (Fsp3) is 0.471. The lowest BCUT2D eigenvalue weighted by molar-refractivity contribution is -0.135. The van der Waals surface area contributed by atoms with E-state index in [0.717, 1.165) is 0 Å². The van der Waals surface area contributed by atoms with Crippen LogP contribution in [0, 0.1) is 11.3 Å². The molecule has 0 atom stereocenters. The lowest BCUT2D eigenvalue weighted by Gasteiger charge is -2.34. The lowest BCUT2D eigenvalue weighted by Crippen LogP contribution is -2.51. The average Bonchev–Trinajstić information content (AvgIpc) is 2.66. The van der Waals surface area contributed by atoms with Crippen molar-refractivity contribution >= 4 is 12.0 Å². The molecular weight excluding hydrogens is 326 g/mol. The van der Waals surface area contributed by atoms with Gasteiger partial charge in [-0.3, -0.25) is 4.79 Å². The molecule has 1 fully saturated rings. The second-order valence-corrected chi connectivity index (χ2v) is 5.33. The van der Waals surface area contributed by atoms with Gasteiger partial charge in [0.15, 0.2) is 18.1 Å². The van der Waals surface area contributed by atoms with E-state index in [4.69, 9.17) is 19.5 Å². The summed E-state index contributed by atoms with van der Waals surface area (Å²) in [5, 5.41) is 8.89. The van der Waals surface area contributed by atoms with Crippen LogP contribution in [0.3, 0.4) is 0 Å². The van der Waals surface area contributed by atoms with Gasteiger partial charge in [0.2, 0.25) is 0 Å². The standard InChI is InChI=1S/C17H21N3O5/c1-3-24-17(22)20-8-6-19(7-9-20)16(21)12-25-14-5-4-13(11-18)10-15(14)23-2/h4-5,10H,3,6-9,12H2,1-2H3. The molecule has 1 saturated heterocycles. The van der Waals surface area contributed by atoms with Gasteiger partial charge in [0.05, 0.1) is 25.3 Å². The highest BCUT2D eigenvalue weighted by Gasteiger charge is 2.25. The van der Waals surface area contributed by atoms with Crippen molar-refractivity contribution in [1.82, 2.24) is 9.80 Å². The molecule has 1 aliphatic rings. The molecule has 1 heterocycles. The molecule has 25 heavy (non-hydrogen) atoms. The van der Waals surface area contributed by atoms with Gasteiger partial charge in [-0.25, -0.2) is 4.79 Å². The second-order valence-electron chi connectivity index (χ2n) is 5.33. The molecule has 0 radical (unpaired) electrons. The zero-order chi connectivity index (χ0) is 18.2. The summed E-state index contributed by atoms with van der Waals surface area (Å²) in [5.74, 6) is 0.633. The van der Waals surface area contributed by atoms with Crippen molar-refractivity contribution in [2.75, 3.05) is 46.5 Å². The van der Waals surface area contributed by atoms with Crippen LogP contribution in [0.5, 0.6) is 11.5 Å². The van der Waals surface area contributed by atoms with E-state index < -0.39 is 0 Å². The molecule has 1 aromatic carbocycles. The Kier molecular flexibility index (Phi) is 6.46. The van der Waals surface area contributed by atoms with Crippen LogP contribution in [0.4, 0.5) is 4.79 Å². The molecule has 2 amide bonds. The quantitative estimate of drug-likeness (QED) is 0.796. The molecule has 0 saturated carbocycles. The molecule has 134 valence electrons. The number of piperazine rings is 1. The first-order valence-corrected chi connectivity index (χ1v) is 7.99. The van der Waals surface area contributed by atoms with Crippen LogP contribution in [0.2, 0.25) is 0 Å². The smallest absolute Gasteiger partial charge is 0.409 e. The van der Waals surface area contributed by atoms with Crippen LogP contribution >= 0.6 is 0 Å². The van der Waals surface area contributed by atoms with Gasteiger partial charge in [-0.1, -0.05) is 0 Å². The third-order valence-corrected chi connectivity index (χ3v) is 3.80. The van der Waals surface area contributed by atoms with Gasteiger partial charge in [-0.15, -0.1) is 0 Å². The first kappa shape index (κ1) is 18.4. The minimum atomic E-state index is -0.354. The van der Waals surface area contributed by atoms with Gasteiger partial charge < -0.3 is 24.0 Å². The summed E-state index contributed by atoms with van der Waals surface area (Å²) in [6.07, 6.45) is -0.354. The average molecular weight is 347 g/mol. The largest absolute Gasteiger partial charge is 0.493 e. The first-order valence-electron chi connectivity index (χ1n) is 7.99. The second kappa shape index (κ2) is 8.78. The molecule has 8 nitrogen and oxygen atoms in total.